The topological polar surface area (TPSA) is 71.7 Å². The highest BCUT2D eigenvalue weighted by Gasteiger charge is 2.29. The number of rotatable bonds is 6. The molecule has 0 spiro atoms. The number of carbonyl (C=O) groups excluding carboxylic acids is 1. The van der Waals surface area contributed by atoms with Gasteiger partial charge in [0, 0.05) is 32.6 Å². The molecule has 1 aliphatic heterocycles. The van der Waals surface area contributed by atoms with E-state index in [4.69, 9.17) is 4.52 Å². The maximum absolute atomic E-state index is 12.7. The summed E-state index contributed by atoms with van der Waals surface area (Å²) in [5.41, 5.74) is 0.142. The Balaban J connectivity index is 1.63. The van der Waals surface area contributed by atoms with Crippen molar-refractivity contribution < 1.29 is 22.8 Å². The second kappa shape index (κ2) is 8.43. The molecule has 1 aromatic carbocycles. The number of aromatic nitrogens is 2. The van der Waals surface area contributed by atoms with Crippen LogP contribution in [0.25, 0.3) is 0 Å². The summed E-state index contributed by atoms with van der Waals surface area (Å²) in [4.78, 5) is 20.9. The first-order valence-corrected chi connectivity index (χ1v) is 8.89. The normalized spacial score (nSPS) is 16.6. The molecule has 1 unspecified atom stereocenters. The third kappa shape index (κ3) is 4.41. The smallest absolute Gasteiger partial charge is 0.387 e. The van der Waals surface area contributed by atoms with Crippen molar-refractivity contribution in [1.82, 2.24) is 19.9 Å². The molecule has 0 radical (unpaired) electrons. The van der Waals surface area contributed by atoms with Gasteiger partial charge in [0.05, 0.1) is 11.6 Å². The molecule has 1 fully saturated rings. The number of nitrogens with zero attached hydrogens (tertiary/aromatic N) is 4. The van der Waals surface area contributed by atoms with Crippen molar-refractivity contribution in [3.8, 4) is 5.75 Å². The minimum absolute atomic E-state index is 0.0514. The van der Waals surface area contributed by atoms with Crippen LogP contribution in [0.4, 0.5) is 8.78 Å². The molecule has 1 aliphatic rings. The lowest BCUT2D eigenvalue weighted by Gasteiger charge is -2.37. The van der Waals surface area contributed by atoms with E-state index in [1.807, 2.05) is 13.8 Å². The Hall–Kier alpha value is -2.55. The van der Waals surface area contributed by atoms with Gasteiger partial charge >= 0.3 is 6.61 Å². The van der Waals surface area contributed by atoms with Crippen molar-refractivity contribution in [1.29, 1.82) is 0 Å². The number of piperazine rings is 1. The van der Waals surface area contributed by atoms with E-state index in [0.717, 1.165) is 0 Å². The molecule has 0 saturated carbocycles. The number of ether oxygens (including phenoxy) is 1. The average molecular weight is 380 g/mol. The van der Waals surface area contributed by atoms with Crippen LogP contribution in [0.15, 0.2) is 28.8 Å². The van der Waals surface area contributed by atoms with Crippen LogP contribution < -0.4 is 4.74 Å². The maximum Gasteiger partial charge on any atom is 0.387 e. The van der Waals surface area contributed by atoms with Gasteiger partial charge in [0.25, 0.3) is 5.91 Å². The zero-order valence-electron chi connectivity index (χ0n) is 15.3. The first-order chi connectivity index (χ1) is 13.0. The minimum atomic E-state index is -2.97. The number of hydrogen-bond acceptors (Lipinski definition) is 6. The molecule has 0 bridgehead atoms. The molecule has 2 heterocycles. The van der Waals surface area contributed by atoms with Gasteiger partial charge in [0.2, 0.25) is 5.89 Å². The molecule has 9 heteroatoms. The largest absolute Gasteiger partial charge is 0.434 e. The Morgan fingerprint density at radius 3 is 2.59 bits per heavy atom. The first-order valence-electron chi connectivity index (χ1n) is 8.89. The summed E-state index contributed by atoms with van der Waals surface area (Å²) in [6.07, 6.45) is 0.707. The van der Waals surface area contributed by atoms with Gasteiger partial charge < -0.3 is 14.2 Å². The van der Waals surface area contributed by atoms with E-state index in [1.165, 1.54) is 12.1 Å². The van der Waals surface area contributed by atoms with Gasteiger partial charge in [-0.3, -0.25) is 9.69 Å². The number of aryl methyl sites for hydroxylation is 1. The third-order valence-electron chi connectivity index (χ3n) is 4.64. The molecule has 1 atom stereocenters. The number of para-hydroxylation sites is 1. The van der Waals surface area contributed by atoms with Crippen LogP contribution in [0.1, 0.15) is 42.0 Å². The summed E-state index contributed by atoms with van der Waals surface area (Å²) in [7, 11) is 0. The Labute approximate surface area is 155 Å². The van der Waals surface area contributed by atoms with E-state index in [9.17, 15) is 13.6 Å². The maximum atomic E-state index is 12.7. The fourth-order valence-corrected chi connectivity index (χ4v) is 3.06. The lowest BCUT2D eigenvalue weighted by atomic mass is 10.1. The average Bonchev–Trinajstić information content (AvgIpc) is 3.16. The van der Waals surface area contributed by atoms with Crippen LogP contribution in [-0.2, 0) is 6.42 Å². The molecule has 27 heavy (non-hydrogen) atoms. The highest BCUT2D eigenvalue weighted by atomic mass is 19.3. The van der Waals surface area contributed by atoms with Crippen molar-refractivity contribution in [2.45, 2.75) is 32.9 Å². The van der Waals surface area contributed by atoms with Crippen LogP contribution in [0.5, 0.6) is 5.75 Å². The molecule has 2 aromatic rings. The molecule has 7 nitrogen and oxygen atoms in total. The van der Waals surface area contributed by atoms with Crippen LogP contribution in [-0.4, -0.2) is 58.6 Å². The zero-order valence-corrected chi connectivity index (χ0v) is 15.3. The summed E-state index contributed by atoms with van der Waals surface area (Å²) < 4.78 is 34.9. The van der Waals surface area contributed by atoms with Crippen molar-refractivity contribution in [3.63, 3.8) is 0 Å². The van der Waals surface area contributed by atoms with Crippen molar-refractivity contribution >= 4 is 5.91 Å². The van der Waals surface area contributed by atoms with Gasteiger partial charge in [-0.25, -0.2) is 0 Å². The second-order valence-corrected chi connectivity index (χ2v) is 6.28. The van der Waals surface area contributed by atoms with E-state index >= 15 is 0 Å². The summed E-state index contributed by atoms with van der Waals surface area (Å²) in [6.45, 7) is 3.15. The monoisotopic (exact) mass is 380 g/mol. The Morgan fingerprint density at radius 2 is 1.96 bits per heavy atom. The van der Waals surface area contributed by atoms with Crippen LogP contribution in [0.2, 0.25) is 0 Å². The van der Waals surface area contributed by atoms with Gasteiger partial charge in [-0.1, -0.05) is 24.2 Å². The fourth-order valence-electron chi connectivity index (χ4n) is 3.06. The van der Waals surface area contributed by atoms with Crippen LogP contribution in [0, 0.1) is 0 Å². The standard InChI is InChI=1S/C18H22F2N4O3/c1-3-15-21-16(27-22-15)12(2)23-8-10-24(11-9-23)17(25)13-6-4-5-7-14(13)26-18(19)20/h4-7,12,18H,3,8-11H2,1-2H3. The minimum Gasteiger partial charge on any atom is -0.434 e. The van der Waals surface area contributed by atoms with Crippen molar-refractivity contribution in [2.24, 2.45) is 0 Å². The molecular formula is C18H22F2N4O3. The van der Waals surface area contributed by atoms with Gasteiger partial charge in [0.15, 0.2) is 5.82 Å². The second-order valence-electron chi connectivity index (χ2n) is 6.28. The highest BCUT2D eigenvalue weighted by Crippen LogP contribution is 2.24. The number of amides is 1. The van der Waals surface area contributed by atoms with E-state index in [2.05, 4.69) is 19.8 Å². The van der Waals surface area contributed by atoms with Crippen molar-refractivity contribution in [3.05, 3.63) is 41.5 Å². The van der Waals surface area contributed by atoms with Crippen LogP contribution >= 0.6 is 0 Å². The van der Waals surface area contributed by atoms with E-state index in [0.29, 0.717) is 44.3 Å². The zero-order chi connectivity index (χ0) is 19.4. The molecule has 0 N–H and O–H groups in total. The third-order valence-corrected chi connectivity index (χ3v) is 4.64. The molecule has 1 amide bonds. The van der Waals surface area contributed by atoms with E-state index in [-0.39, 0.29) is 23.3 Å². The Kier molecular flexibility index (Phi) is 6.00. The van der Waals surface area contributed by atoms with Gasteiger partial charge in [-0.05, 0) is 19.1 Å². The molecule has 1 saturated heterocycles. The van der Waals surface area contributed by atoms with Gasteiger partial charge in [0.1, 0.15) is 5.75 Å². The summed E-state index contributed by atoms with van der Waals surface area (Å²) in [5.74, 6) is 0.805. The number of benzene rings is 1. The van der Waals surface area contributed by atoms with Crippen LogP contribution in [0.3, 0.4) is 0 Å². The predicted octanol–water partition coefficient (Wildman–Crippen LogP) is 2.75. The predicted molar refractivity (Wildman–Crippen MR) is 92.6 cm³/mol. The lowest BCUT2D eigenvalue weighted by molar-refractivity contribution is -0.0503. The lowest BCUT2D eigenvalue weighted by Crippen LogP contribution is -2.49. The van der Waals surface area contributed by atoms with E-state index < -0.39 is 6.61 Å². The highest BCUT2D eigenvalue weighted by molar-refractivity contribution is 5.97. The quantitative estimate of drug-likeness (QED) is 0.767. The van der Waals surface area contributed by atoms with Gasteiger partial charge in [-0.2, -0.15) is 13.8 Å². The molecule has 1 aromatic heterocycles. The number of hydrogen-bond donors (Lipinski definition) is 0. The number of alkyl halides is 2. The molecular weight excluding hydrogens is 358 g/mol. The van der Waals surface area contributed by atoms with Gasteiger partial charge in [-0.15, -0.1) is 0 Å². The van der Waals surface area contributed by atoms with E-state index in [1.54, 1.807) is 17.0 Å². The Bertz CT molecular complexity index is 775. The summed E-state index contributed by atoms with van der Waals surface area (Å²) in [6, 6.07) is 6.01. The number of halogens is 2. The molecule has 3 rings (SSSR count). The summed E-state index contributed by atoms with van der Waals surface area (Å²) in [5, 5.41) is 3.91. The number of carbonyl (C=O) groups is 1. The summed E-state index contributed by atoms with van der Waals surface area (Å²) >= 11 is 0. The van der Waals surface area contributed by atoms with Crippen molar-refractivity contribution in [2.75, 3.05) is 26.2 Å². The molecule has 146 valence electrons. The fraction of sp³-hybridized carbons (Fsp3) is 0.500. The first kappa shape index (κ1) is 19.2. The SMILES string of the molecule is CCc1noc(C(C)N2CCN(C(=O)c3ccccc3OC(F)F)CC2)n1. The molecule has 0 aliphatic carbocycles. The Morgan fingerprint density at radius 1 is 1.26 bits per heavy atom.